The smallest absolute Gasteiger partial charge is 0.262 e. The third kappa shape index (κ3) is 3.36. The standard InChI is InChI=1S/C20H20N2O3/c23-19-12-25-18-11-15(7-9-17(18)22-19)20(24)21-16-8-6-13-4-2-1-3-5-14(13)10-16/h6-11H,1-5,12H2,(H,21,24)(H,22,23). The lowest BCUT2D eigenvalue weighted by Crippen LogP contribution is -2.25. The molecule has 0 unspecified atom stereocenters. The van der Waals surface area contributed by atoms with Crippen molar-refractivity contribution < 1.29 is 14.3 Å². The zero-order chi connectivity index (χ0) is 17.2. The van der Waals surface area contributed by atoms with Gasteiger partial charge in [-0.05, 0) is 67.1 Å². The number of hydrogen-bond acceptors (Lipinski definition) is 3. The Labute approximate surface area is 146 Å². The molecule has 1 heterocycles. The third-order valence-electron chi connectivity index (χ3n) is 4.73. The highest BCUT2D eigenvalue weighted by Crippen LogP contribution is 2.29. The second-order valence-corrected chi connectivity index (χ2v) is 6.55. The van der Waals surface area contributed by atoms with Gasteiger partial charge in [0.25, 0.3) is 11.8 Å². The molecule has 0 fully saturated rings. The van der Waals surface area contributed by atoms with Gasteiger partial charge in [-0.1, -0.05) is 12.5 Å². The van der Waals surface area contributed by atoms with E-state index in [0.717, 1.165) is 18.5 Å². The van der Waals surface area contributed by atoms with Crippen molar-refractivity contribution >= 4 is 23.2 Å². The van der Waals surface area contributed by atoms with Crippen LogP contribution in [0.15, 0.2) is 36.4 Å². The molecule has 2 N–H and O–H groups in total. The number of nitrogens with one attached hydrogen (secondary N) is 2. The van der Waals surface area contributed by atoms with Gasteiger partial charge >= 0.3 is 0 Å². The van der Waals surface area contributed by atoms with Crippen molar-refractivity contribution in [3.8, 4) is 5.75 Å². The second kappa shape index (κ2) is 6.59. The number of carbonyl (C=O) groups is 2. The average Bonchev–Trinajstić information content (AvgIpc) is 2.86. The van der Waals surface area contributed by atoms with E-state index < -0.39 is 0 Å². The van der Waals surface area contributed by atoms with Crippen molar-refractivity contribution in [1.29, 1.82) is 0 Å². The summed E-state index contributed by atoms with van der Waals surface area (Å²) in [5.74, 6) is 0.153. The van der Waals surface area contributed by atoms with Gasteiger partial charge in [0.1, 0.15) is 5.75 Å². The number of benzene rings is 2. The minimum absolute atomic E-state index is 0.0249. The molecule has 0 radical (unpaired) electrons. The Hall–Kier alpha value is -2.82. The van der Waals surface area contributed by atoms with Crippen LogP contribution in [-0.2, 0) is 17.6 Å². The van der Waals surface area contributed by atoms with Gasteiger partial charge in [-0.3, -0.25) is 9.59 Å². The molecular weight excluding hydrogens is 316 g/mol. The molecule has 2 aliphatic rings. The van der Waals surface area contributed by atoms with Crippen LogP contribution in [0.25, 0.3) is 0 Å². The monoisotopic (exact) mass is 336 g/mol. The average molecular weight is 336 g/mol. The summed E-state index contributed by atoms with van der Waals surface area (Å²) in [5, 5.41) is 5.68. The molecule has 25 heavy (non-hydrogen) atoms. The van der Waals surface area contributed by atoms with Gasteiger partial charge in [0, 0.05) is 11.3 Å². The quantitative estimate of drug-likeness (QED) is 0.824. The van der Waals surface area contributed by atoms with Crippen LogP contribution in [-0.4, -0.2) is 18.4 Å². The van der Waals surface area contributed by atoms with Crippen molar-refractivity contribution in [3.05, 3.63) is 53.1 Å². The van der Waals surface area contributed by atoms with Crippen LogP contribution in [0.5, 0.6) is 5.75 Å². The molecule has 5 heteroatoms. The topological polar surface area (TPSA) is 67.4 Å². The highest BCUT2D eigenvalue weighted by atomic mass is 16.5. The maximum absolute atomic E-state index is 12.5. The van der Waals surface area contributed by atoms with Crippen molar-refractivity contribution in [1.82, 2.24) is 0 Å². The van der Waals surface area contributed by atoms with E-state index in [1.165, 1.54) is 30.4 Å². The summed E-state index contributed by atoms with van der Waals surface area (Å²) in [7, 11) is 0. The van der Waals surface area contributed by atoms with Crippen LogP contribution < -0.4 is 15.4 Å². The largest absolute Gasteiger partial charge is 0.482 e. The van der Waals surface area contributed by atoms with Crippen LogP contribution in [0.4, 0.5) is 11.4 Å². The van der Waals surface area contributed by atoms with Crippen molar-refractivity contribution in [2.24, 2.45) is 0 Å². The lowest BCUT2D eigenvalue weighted by Gasteiger charge is -2.18. The van der Waals surface area contributed by atoms with Crippen molar-refractivity contribution in [2.75, 3.05) is 17.2 Å². The summed E-state index contributed by atoms with van der Waals surface area (Å²) < 4.78 is 5.37. The van der Waals surface area contributed by atoms with Gasteiger partial charge in [-0.25, -0.2) is 0 Å². The number of aryl methyl sites for hydroxylation is 2. The third-order valence-corrected chi connectivity index (χ3v) is 4.73. The number of carbonyl (C=O) groups excluding carboxylic acids is 2. The van der Waals surface area contributed by atoms with Crippen LogP contribution in [0.3, 0.4) is 0 Å². The molecule has 0 bridgehead atoms. The maximum atomic E-state index is 12.5. The molecular formula is C20H20N2O3. The van der Waals surface area contributed by atoms with Gasteiger partial charge in [0.05, 0.1) is 5.69 Å². The summed E-state index contributed by atoms with van der Waals surface area (Å²) in [6, 6.07) is 11.2. The Morgan fingerprint density at radius 3 is 2.72 bits per heavy atom. The van der Waals surface area contributed by atoms with Gasteiger partial charge in [0.2, 0.25) is 0 Å². The Morgan fingerprint density at radius 2 is 1.84 bits per heavy atom. The fourth-order valence-electron chi connectivity index (χ4n) is 3.41. The molecule has 2 amide bonds. The summed E-state index contributed by atoms with van der Waals surface area (Å²) >= 11 is 0. The van der Waals surface area contributed by atoms with E-state index in [1.807, 2.05) is 6.07 Å². The fraction of sp³-hybridized carbons (Fsp3) is 0.300. The number of amides is 2. The summed E-state index contributed by atoms with van der Waals surface area (Å²) in [6.45, 7) is -0.0249. The fourth-order valence-corrected chi connectivity index (χ4v) is 3.41. The first-order valence-corrected chi connectivity index (χ1v) is 8.69. The lowest BCUT2D eigenvalue weighted by molar-refractivity contribution is -0.118. The summed E-state index contributed by atoms with van der Waals surface area (Å²) in [5.41, 5.74) is 4.65. The minimum Gasteiger partial charge on any atom is -0.482 e. The molecule has 1 aliphatic heterocycles. The van der Waals surface area contributed by atoms with E-state index >= 15 is 0 Å². The predicted octanol–water partition coefficient (Wildman–Crippen LogP) is 3.54. The Kier molecular flexibility index (Phi) is 4.14. The SMILES string of the molecule is O=C1COc2cc(C(=O)Nc3ccc4c(c3)CCCCC4)ccc2N1. The number of anilines is 2. The highest BCUT2D eigenvalue weighted by Gasteiger charge is 2.18. The van der Waals surface area contributed by atoms with E-state index in [9.17, 15) is 9.59 Å². The molecule has 2 aromatic rings. The maximum Gasteiger partial charge on any atom is 0.262 e. The molecule has 1 aliphatic carbocycles. The predicted molar refractivity (Wildman–Crippen MR) is 96.2 cm³/mol. The molecule has 5 nitrogen and oxygen atoms in total. The first kappa shape index (κ1) is 15.7. The van der Waals surface area contributed by atoms with Gasteiger partial charge < -0.3 is 15.4 Å². The molecule has 128 valence electrons. The Balaban J connectivity index is 1.52. The molecule has 2 aromatic carbocycles. The summed E-state index contributed by atoms with van der Waals surface area (Å²) in [6.07, 6.45) is 5.91. The lowest BCUT2D eigenvalue weighted by atomic mass is 10.0. The molecule has 0 spiro atoms. The molecule has 0 saturated carbocycles. The first-order chi connectivity index (χ1) is 12.2. The van der Waals surface area contributed by atoms with Crippen LogP contribution in [0.1, 0.15) is 40.7 Å². The zero-order valence-electron chi connectivity index (χ0n) is 13.9. The molecule has 4 rings (SSSR count). The summed E-state index contributed by atoms with van der Waals surface area (Å²) in [4.78, 5) is 23.9. The van der Waals surface area contributed by atoms with Crippen LogP contribution in [0.2, 0.25) is 0 Å². The van der Waals surface area contributed by atoms with Gasteiger partial charge in [-0.15, -0.1) is 0 Å². The van der Waals surface area contributed by atoms with Crippen molar-refractivity contribution in [3.63, 3.8) is 0 Å². The van der Waals surface area contributed by atoms with Crippen molar-refractivity contribution in [2.45, 2.75) is 32.1 Å². The Morgan fingerprint density at radius 1 is 1.00 bits per heavy atom. The molecule has 0 saturated heterocycles. The zero-order valence-corrected chi connectivity index (χ0v) is 13.9. The van der Waals surface area contributed by atoms with Crippen LogP contribution in [0, 0.1) is 0 Å². The minimum atomic E-state index is -0.185. The van der Waals surface area contributed by atoms with E-state index in [2.05, 4.69) is 22.8 Å². The number of ether oxygens (including phenoxy) is 1. The van der Waals surface area contributed by atoms with E-state index in [-0.39, 0.29) is 18.4 Å². The van der Waals surface area contributed by atoms with E-state index in [4.69, 9.17) is 4.74 Å². The number of fused-ring (bicyclic) bond motifs is 2. The van der Waals surface area contributed by atoms with E-state index in [1.54, 1.807) is 18.2 Å². The Bertz CT molecular complexity index is 845. The molecule has 0 aromatic heterocycles. The first-order valence-electron chi connectivity index (χ1n) is 8.69. The van der Waals surface area contributed by atoms with Crippen LogP contribution >= 0.6 is 0 Å². The molecule has 0 atom stereocenters. The van der Waals surface area contributed by atoms with Gasteiger partial charge in [-0.2, -0.15) is 0 Å². The number of rotatable bonds is 2. The van der Waals surface area contributed by atoms with Gasteiger partial charge in [0.15, 0.2) is 6.61 Å². The van der Waals surface area contributed by atoms with E-state index in [0.29, 0.717) is 17.0 Å². The highest BCUT2D eigenvalue weighted by molar-refractivity contribution is 6.05. The second-order valence-electron chi connectivity index (χ2n) is 6.55. The normalized spacial score (nSPS) is 15.9. The number of hydrogen-bond donors (Lipinski definition) is 2.